The van der Waals surface area contributed by atoms with Gasteiger partial charge in [0.05, 0.1) is 12.1 Å². The summed E-state index contributed by atoms with van der Waals surface area (Å²) in [5.74, 6) is 1.40. The molecule has 2 N–H and O–H groups in total. The molecule has 1 unspecified atom stereocenters. The summed E-state index contributed by atoms with van der Waals surface area (Å²) in [6, 6.07) is 26.7. The van der Waals surface area contributed by atoms with E-state index in [-0.39, 0.29) is 5.69 Å². The third kappa shape index (κ3) is 3.16. The van der Waals surface area contributed by atoms with Crippen LogP contribution in [0, 0.1) is 0 Å². The zero-order chi connectivity index (χ0) is 21.5. The summed E-state index contributed by atoms with van der Waals surface area (Å²) < 4.78 is 7.39. The van der Waals surface area contributed by atoms with Crippen LogP contribution in [0.1, 0.15) is 17.0 Å². The van der Waals surface area contributed by atoms with E-state index in [1.165, 1.54) is 11.1 Å². The van der Waals surface area contributed by atoms with Crippen LogP contribution in [0.15, 0.2) is 83.7 Å². The maximum absolute atomic E-state index is 12.2. The smallest absolute Gasteiger partial charge is 0.348 e. The Morgan fingerprint density at radius 3 is 2.75 bits per heavy atom. The maximum Gasteiger partial charge on any atom is 0.348 e. The van der Waals surface area contributed by atoms with Crippen molar-refractivity contribution < 1.29 is 4.74 Å². The van der Waals surface area contributed by atoms with Gasteiger partial charge in [-0.1, -0.05) is 60.7 Å². The zero-order valence-corrected chi connectivity index (χ0v) is 17.4. The summed E-state index contributed by atoms with van der Waals surface area (Å²) in [7, 11) is 0. The van der Waals surface area contributed by atoms with Gasteiger partial charge in [-0.25, -0.2) is 14.3 Å². The largest absolute Gasteiger partial charge is 0.493 e. The molecule has 0 amide bonds. The Balaban J connectivity index is 1.22. The van der Waals surface area contributed by atoms with E-state index < -0.39 is 0 Å². The number of para-hydroxylation sites is 2. The van der Waals surface area contributed by atoms with Gasteiger partial charge < -0.3 is 10.1 Å². The Morgan fingerprint density at radius 2 is 1.84 bits per heavy atom. The fourth-order valence-corrected chi connectivity index (χ4v) is 4.57. The molecule has 0 aliphatic carbocycles. The summed E-state index contributed by atoms with van der Waals surface area (Å²) >= 11 is 0. The molecule has 0 spiro atoms. The van der Waals surface area contributed by atoms with E-state index in [0.717, 1.165) is 47.5 Å². The molecule has 0 bridgehead atoms. The van der Waals surface area contributed by atoms with Crippen molar-refractivity contribution in [1.82, 2.24) is 19.9 Å². The molecule has 0 saturated heterocycles. The minimum absolute atomic E-state index is 0.223. The van der Waals surface area contributed by atoms with Gasteiger partial charge >= 0.3 is 5.69 Å². The fourth-order valence-electron chi connectivity index (χ4n) is 4.57. The first-order valence-electron chi connectivity index (χ1n) is 10.8. The summed E-state index contributed by atoms with van der Waals surface area (Å²) in [4.78, 5) is 12.2. The Hall–Kier alpha value is -3.90. The molecule has 3 aromatic carbocycles. The molecule has 3 heterocycles. The topological polar surface area (TPSA) is 71.4 Å². The van der Waals surface area contributed by atoms with Crippen molar-refractivity contribution in [2.75, 3.05) is 13.2 Å². The molecule has 5 aromatic rings. The van der Waals surface area contributed by atoms with E-state index in [0.29, 0.717) is 11.6 Å². The van der Waals surface area contributed by atoms with Crippen LogP contribution in [0.25, 0.3) is 27.7 Å². The number of fused-ring (bicyclic) bond motifs is 4. The first-order chi connectivity index (χ1) is 15.8. The van der Waals surface area contributed by atoms with Crippen LogP contribution < -0.4 is 15.7 Å². The molecule has 158 valence electrons. The summed E-state index contributed by atoms with van der Waals surface area (Å²) in [6.45, 7) is 2.42. The number of aromatic nitrogens is 3. The van der Waals surface area contributed by atoms with Gasteiger partial charge in [0.25, 0.3) is 0 Å². The second kappa shape index (κ2) is 7.66. The van der Waals surface area contributed by atoms with Gasteiger partial charge in [0.2, 0.25) is 0 Å². The van der Waals surface area contributed by atoms with Crippen LogP contribution in [0.3, 0.4) is 0 Å². The molecular formula is C26H22N4O2. The molecule has 2 aromatic heterocycles. The van der Waals surface area contributed by atoms with Crippen molar-refractivity contribution in [1.29, 1.82) is 0 Å². The van der Waals surface area contributed by atoms with E-state index in [1.54, 1.807) is 4.40 Å². The molecule has 0 radical (unpaired) electrons. The highest BCUT2D eigenvalue weighted by molar-refractivity contribution is 5.97. The summed E-state index contributed by atoms with van der Waals surface area (Å²) in [5.41, 5.74) is 5.92. The lowest BCUT2D eigenvalue weighted by atomic mass is 9.99. The number of hydrogen-bond donors (Lipinski definition) is 2. The van der Waals surface area contributed by atoms with E-state index in [9.17, 15) is 4.79 Å². The van der Waals surface area contributed by atoms with Crippen molar-refractivity contribution in [2.45, 2.75) is 12.5 Å². The number of nitrogens with one attached hydrogen (secondary N) is 2. The highest BCUT2D eigenvalue weighted by Crippen LogP contribution is 2.33. The molecule has 32 heavy (non-hydrogen) atoms. The standard InChI is InChI=1S/C26H22N4O2/c31-26-29-28-25-13-22(21-6-1-3-7-23(21)30(25)26)18-11-9-17(10-12-18)14-27-15-19-16-32-24-8-4-2-5-20(19)24/h1-13,19,27H,14-16H2,(H,29,31). The number of pyridine rings is 1. The molecular weight excluding hydrogens is 400 g/mol. The van der Waals surface area contributed by atoms with Crippen molar-refractivity contribution in [3.05, 3.63) is 100 Å². The quantitative estimate of drug-likeness (QED) is 0.447. The van der Waals surface area contributed by atoms with Crippen molar-refractivity contribution in [3.8, 4) is 16.9 Å². The number of ether oxygens (including phenoxy) is 1. The second-order valence-electron chi connectivity index (χ2n) is 8.17. The van der Waals surface area contributed by atoms with Gasteiger partial charge in [-0.15, -0.1) is 0 Å². The van der Waals surface area contributed by atoms with Crippen LogP contribution >= 0.6 is 0 Å². The molecule has 6 rings (SSSR count). The second-order valence-corrected chi connectivity index (χ2v) is 8.17. The Bertz CT molecular complexity index is 1480. The van der Waals surface area contributed by atoms with Gasteiger partial charge in [0.1, 0.15) is 5.75 Å². The minimum Gasteiger partial charge on any atom is -0.493 e. The zero-order valence-electron chi connectivity index (χ0n) is 17.4. The third-order valence-corrected chi connectivity index (χ3v) is 6.19. The number of H-pyrrole nitrogens is 1. The predicted molar refractivity (Wildman–Crippen MR) is 125 cm³/mol. The Morgan fingerprint density at radius 1 is 1.03 bits per heavy atom. The highest BCUT2D eigenvalue weighted by Gasteiger charge is 2.22. The van der Waals surface area contributed by atoms with E-state index in [2.05, 4.69) is 51.9 Å². The SMILES string of the molecule is O=c1[nH]nc2cc(-c3ccc(CNCC4COc5ccccc54)cc3)c3ccccc3n12. The first kappa shape index (κ1) is 18.8. The summed E-state index contributed by atoms with van der Waals surface area (Å²) in [6.07, 6.45) is 0. The lowest BCUT2D eigenvalue weighted by Gasteiger charge is -2.12. The summed E-state index contributed by atoms with van der Waals surface area (Å²) in [5, 5.41) is 11.3. The van der Waals surface area contributed by atoms with Crippen LogP contribution in [0.5, 0.6) is 5.75 Å². The van der Waals surface area contributed by atoms with Crippen LogP contribution in [-0.4, -0.2) is 27.7 Å². The number of nitrogens with zero attached hydrogens (tertiary/aromatic N) is 2. The van der Waals surface area contributed by atoms with Crippen molar-refractivity contribution >= 4 is 16.6 Å². The van der Waals surface area contributed by atoms with E-state index >= 15 is 0 Å². The molecule has 1 aliphatic rings. The van der Waals surface area contributed by atoms with Crippen molar-refractivity contribution in [2.24, 2.45) is 0 Å². The number of aromatic amines is 1. The molecule has 0 saturated carbocycles. The molecule has 6 nitrogen and oxygen atoms in total. The molecule has 1 atom stereocenters. The molecule has 0 fully saturated rings. The number of hydrogen-bond acceptors (Lipinski definition) is 4. The average Bonchev–Trinajstić information content (AvgIpc) is 3.43. The lowest BCUT2D eigenvalue weighted by molar-refractivity contribution is 0.326. The van der Waals surface area contributed by atoms with Crippen LogP contribution in [0.4, 0.5) is 0 Å². The van der Waals surface area contributed by atoms with Gasteiger partial charge in [-0.2, -0.15) is 5.10 Å². The van der Waals surface area contributed by atoms with E-state index in [1.807, 2.05) is 42.5 Å². The monoisotopic (exact) mass is 422 g/mol. The minimum atomic E-state index is -0.223. The third-order valence-electron chi connectivity index (χ3n) is 6.19. The lowest BCUT2D eigenvalue weighted by Crippen LogP contribution is -2.22. The maximum atomic E-state index is 12.2. The van der Waals surface area contributed by atoms with Gasteiger partial charge in [-0.3, -0.25) is 0 Å². The van der Waals surface area contributed by atoms with Gasteiger partial charge in [0, 0.05) is 30.0 Å². The number of benzene rings is 3. The molecule has 1 aliphatic heterocycles. The normalized spacial score (nSPS) is 15.2. The molecule has 6 heteroatoms. The van der Waals surface area contributed by atoms with Gasteiger partial charge in [0.15, 0.2) is 5.65 Å². The fraction of sp³-hybridized carbons (Fsp3) is 0.154. The number of rotatable bonds is 5. The van der Waals surface area contributed by atoms with Crippen molar-refractivity contribution in [3.63, 3.8) is 0 Å². The van der Waals surface area contributed by atoms with Crippen LogP contribution in [0.2, 0.25) is 0 Å². The van der Waals surface area contributed by atoms with E-state index in [4.69, 9.17) is 4.74 Å². The highest BCUT2D eigenvalue weighted by atomic mass is 16.5. The first-order valence-corrected chi connectivity index (χ1v) is 10.8. The van der Waals surface area contributed by atoms with Crippen LogP contribution in [-0.2, 0) is 6.54 Å². The predicted octanol–water partition coefficient (Wildman–Crippen LogP) is 4.11. The average molecular weight is 422 g/mol. The van der Waals surface area contributed by atoms with Gasteiger partial charge in [-0.05, 0) is 34.9 Å². The Labute approximate surface area is 184 Å². The Kier molecular flexibility index (Phi) is 4.51.